The van der Waals surface area contributed by atoms with Crippen molar-refractivity contribution in [3.8, 4) is 56.4 Å². The van der Waals surface area contributed by atoms with E-state index in [1.165, 1.54) is 0 Å². The van der Waals surface area contributed by atoms with Gasteiger partial charge in [0.2, 0.25) is 0 Å². The van der Waals surface area contributed by atoms with Gasteiger partial charge in [-0.3, -0.25) is 0 Å². The monoisotopic (exact) mass is 1450 g/mol. The molecule has 0 spiro atoms. The van der Waals surface area contributed by atoms with Gasteiger partial charge in [0.1, 0.15) is 57.0 Å². The SMILES string of the molecule is C=Cc1ccc(Oc2ccc(C3(c4ccc(C)c(F)c4)c4ccccc4-c4ccc(N(c5ccc(-c6ccc(N(c7ccc8c(c7)C(c7ccc(Oc9ccc(C=C)cc9)cc7)(c7ccc(C)c(F)c7)c7ccccc7-8)c7ccc8oc9ccccc9c8c7)cc6)cc5)c5ccc6oc7ccccc7c6c5)cc43)cc2)cc1. The molecule has 0 saturated heterocycles. The first kappa shape index (κ1) is 67.0. The van der Waals surface area contributed by atoms with Gasteiger partial charge in [0, 0.05) is 55.7 Å². The summed E-state index contributed by atoms with van der Waals surface area (Å²) < 4.78 is 59.0. The number of anilines is 6. The van der Waals surface area contributed by atoms with E-state index in [2.05, 4.69) is 241 Å². The molecule has 2 aliphatic carbocycles. The van der Waals surface area contributed by atoms with Crippen LogP contribution in [0.15, 0.2) is 374 Å². The predicted octanol–water partition coefficient (Wildman–Crippen LogP) is 28.6. The Morgan fingerprint density at radius 1 is 0.286 bits per heavy atom. The highest BCUT2D eigenvalue weighted by Gasteiger charge is 2.49. The smallest absolute Gasteiger partial charge is 0.135 e. The number of furan rings is 2. The number of para-hydroxylation sites is 2. The maximum Gasteiger partial charge on any atom is 0.135 e. The second-order valence-corrected chi connectivity index (χ2v) is 29.1. The number of hydrogen-bond donors (Lipinski definition) is 0. The minimum absolute atomic E-state index is 0.277. The molecule has 6 nitrogen and oxygen atoms in total. The van der Waals surface area contributed by atoms with Crippen molar-refractivity contribution in [2.75, 3.05) is 9.80 Å². The summed E-state index contributed by atoms with van der Waals surface area (Å²) in [5, 5.41) is 4.03. The van der Waals surface area contributed by atoms with E-state index in [-0.39, 0.29) is 11.6 Å². The third-order valence-electron chi connectivity index (χ3n) is 22.9. The zero-order valence-corrected chi connectivity index (χ0v) is 61.3. The molecule has 0 fully saturated rings. The molecule has 534 valence electrons. The fourth-order valence-electron chi connectivity index (χ4n) is 17.4. The molecule has 2 atom stereocenters. The van der Waals surface area contributed by atoms with Crippen molar-refractivity contribution >= 4 is 90.2 Å². The summed E-state index contributed by atoms with van der Waals surface area (Å²) in [5.41, 5.74) is 23.9. The Balaban J connectivity index is 0.710. The molecular formula is C104H70F2N2O4. The number of halogens is 2. The van der Waals surface area contributed by atoms with Crippen LogP contribution in [-0.2, 0) is 10.8 Å². The first-order chi connectivity index (χ1) is 55.0. The van der Waals surface area contributed by atoms with Gasteiger partial charge >= 0.3 is 0 Å². The van der Waals surface area contributed by atoms with Gasteiger partial charge in [0.05, 0.1) is 10.8 Å². The van der Waals surface area contributed by atoms with Crippen molar-refractivity contribution in [1.82, 2.24) is 0 Å². The van der Waals surface area contributed by atoms with Crippen molar-refractivity contribution in [1.29, 1.82) is 0 Å². The lowest BCUT2D eigenvalue weighted by atomic mass is 9.67. The predicted molar refractivity (Wildman–Crippen MR) is 453 cm³/mol. The second kappa shape index (κ2) is 26.8. The van der Waals surface area contributed by atoms with Crippen LogP contribution in [-0.4, -0.2) is 0 Å². The molecule has 16 aromatic carbocycles. The van der Waals surface area contributed by atoms with E-state index in [1.54, 1.807) is 12.1 Å². The summed E-state index contributed by atoms with van der Waals surface area (Å²) in [7, 11) is 0. The highest BCUT2D eigenvalue weighted by atomic mass is 19.1. The van der Waals surface area contributed by atoms with Gasteiger partial charge in [-0.25, -0.2) is 8.78 Å². The Hall–Kier alpha value is -14.3. The highest BCUT2D eigenvalue weighted by molar-refractivity contribution is 6.08. The number of rotatable bonds is 17. The summed E-state index contributed by atoms with van der Waals surface area (Å²) in [6.45, 7) is 11.5. The maximum absolute atomic E-state index is 16.5. The lowest BCUT2D eigenvalue weighted by molar-refractivity contribution is 0.482. The fourth-order valence-corrected chi connectivity index (χ4v) is 17.4. The Morgan fingerprint density at radius 3 is 1.00 bits per heavy atom. The molecule has 0 saturated carbocycles. The van der Waals surface area contributed by atoms with Crippen LogP contribution >= 0.6 is 0 Å². The Labute approximate surface area is 647 Å². The molecule has 2 aliphatic rings. The average molecular weight is 1450 g/mol. The molecule has 18 aromatic rings. The number of ether oxygens (including phenoxy) is 2. The summed E-state index contributed by atoms with van der Waals surface area (Å²) in [6, 6.07) is 121. The van der Waals surface area contributed by atoms with Gasteiger partial charge in [0.15, 0.2) is 0 Å². The maximum atomic E-state index is 16.5. The van der Waals surface area contributed by atoms with Gasteiger partial charge in [-0.15, -0.1) is 0 Å². The van der Waals surface area contributed by atoms with Gasteiger partial charge in [-0.2, -0.15) is 0 Å². The van der Waals surface area contributed by atoms with E-state index < -0.39 is 10.8 Å². The fraction of sp³-hybridized carbons (Fsp3) is 0.0385. The second-order valence-electron chi connectivity index (χ2n) is 29.1. The number of nitrogens with zero attached hydrogens (tertiary/aromatic N) is 2. The molecule has 0 bridgehead atoms. The molecule has 2 heterocycles. The van der Waals surface area contributed by atoms with Gasteiger partial charge in [0.25, 0.3) is 0 Å². The van der Waals surface area contributed by atoms with Crippen LogP contribution in [0.1, 0.15) is 66.8 Å². The van der Waals surface area contributed by atoms with E-state index in [1.807, 2.05) is 147 Å². The van der Waals surface area contributed by atoms with E-state index in [0.717, 1.165) is 167 Å². The van der Waals surface area contributed by atoms with Gasteiger partial charge in [-0.05, 0) is 272 Å². The molecule has 8 heteroatoms. The number of hydrogen-bond acceptors (Lipinski definition) is 6. The topological polar surface area (TPSA) is 51.2 Å². The summed E-state index contributed by atoms with van der Waals surface area (Å²) in [5.74, 6) is 2.21. The minimum atomic E-state index is -0.967. The van der Waals surface area contributed by atoms with E-state index in [0.29, 0.717) is 34.1 Å². The third kappa shape index (κ3) is 11.0. The molecule has 20 rings (SSSR count). The van der Waals surface area contributed by atoms with Crippen LogP contribution in [0.4, 0.5) is 42.9 Å². The van der Waals surface area contributed by atoms with Crippen LogP contribution in [0.2, 0.25) is 0 Å². The molecule has 0 amide bonds. The summed E-state index contributed by atoms with van der Waals surface area (Å²) >= 11 is 0. The lowest BCUT2D eigenvalue weighted by Crippen LogP contribution is -2.29. The highest BCUT2D eigenvalue weighted by Crippen LogP contribution is 2.60. The van der Waals surface area contributed by atoms with Crippen LogP contribution in [0.3, 0.4) is 0 Å². The number of aryl methyl sites for hydroxylation is 2. The van der Waals surface area contributed by atoms with Crippen molar-refractivity contribution in [2.24, 2.45) is 0 Å². The van der Waals surface area contributed by atoms with Gasteiger partial charge in [-0.1, -0.05) is 219 Å². The largest absolute Gasteiger partial charge is 0.457 e. The molecule has 0 radical (unpaired) electrons. The van der Waals surface area contributed by atoms with Crippen LogP contribution in [0.25, 0.3) is 89.4 Å². The van der Waals surface area contributed by atoms with Crippen molar-refractivity contribution in [2.45, 2.75) is 24.7 Å². The van der Waals surface area contributed by atoms with Crippen LogP contribution < -0.4 is 19.3 Å². The Bertz CT molecular complexity index is 6370. The number of benzene rings is 16. The molecule has 0 N–H and O–H groups in total. The Kier molecular flexibility index (Phi) is 16.0. The molecule has 2 aromatic heterocycles. The first-order valence-electron chi connectivity index (χ1n) is 37.7. The van der Waals surface area contributed by atoms with Crippen LogP contribution in [0, 0.1) is 25.5 Å². The summed E-state index contributed by atoms with van der Waals surface area (Å²) in [6.07, 6.45) is 3.63. The molecule has 112 heavy (non-hydrogen) atoms. The van der Waals surface area contributed by atoms with Gasteiger partial charge < -0.3 is 28.1 Å². The van der Waals surface area contributed by atoms with Crippen molar-refractivity contribution < 1.29 is 27.1 Å². The normalized spacial score (nSPS) is 14.6. The van der Waals surface area contributed by atoms with E-state index in [4.69, 9.17) is 18.3 Å². The van der Waals surface area contributed by atoms with E-state index >= 15 is 8.78 Å². The standard InChI is InChI=1S/C104H70F2N2O4/c1-5-67-25-47-81(48-26-67)109-83-51-35-71(36-52-83)103(73-33-23-65(3)97(105)59-73)93-19-11-7-15-85(93)87-55-43-79(63-95(87)103)107(77-45-57-101-91(61-77)89-17-9-13-21-99(89)111-101)75-39-29-69(30-40-75)70-31-41-76(42-32-70)108(78-46-58-102-92(62-78)90-18-10-14-22-100(90)112-102)80-44-56-88-86-16-8-12-20-94(86)104(96(88)64-80,74-34-24-66(4)98(106)60-74)72-37-53-84(54-38-72)110-82-49-27-68(6-2)28-50-82/h5-64H,1-2H2,3-4H3. The molecule has 2 unspecified atom stereocenters. The molecule has 0 aliphatic heterocycles. The zero-order valence-electron chi connectivity index (χ0n) is 61.3. The van der Waals surface area contributed by atoms with Crippen molar-refractivity contribution in [3.63, 3.8) is 0 Å². The lowest BCUT2D eigenvalue weighted by Gasteiger charge is -2.35. The average Bonchev–Trinajstić information content (AvgIpc) is 1.53. The van der Waals surface area contributed by atoms with Crippen molar-refractivity contribution in [3.05, 3.63) is 443 Å². The summed E-state index contributed by atoms with van der Waals surface area (Å²) in [4.78, 5) is 4.63. The number of fused-ring (bicyclic) bond motifs is 12. The molecular weight excluding hydrogens is 1380 g/mol. The minimum Gasteiger partial charge on any atom is -0.457 e. The first-order valence-corrected chi connectivity index (χ1v) is 37.7. The quantitative estimate of drug-likeness (QED) is 0.0906. The van der Waals surface area contributed by atoms with Crippen LogP contribution in [0.5, 0.6) is 23.0 Å². The zero-order chi connectivity index (χ0) is 75.3. The van der Waals surface area contributed by atoms with E-state index in [9.17, 15) is 0 Å². The Morgan fingerprint density at radius 2 is 0.607 bits per heavy atom. The third-order valence-corrected chi connectivity index (χ3v) is 22.9.